The molecule has 2 unspecified atom stereocenters. The lowest BCUT2D eigenvalue weighted by atomic mass is 9.89. The number of fused-ring (bicyclic) bond motifs is 3. The van der Waals surface area contributed by atoms with Gasteiger partial charge in [-0.05, 0) is 58.7 Å². The van der Waals surface area contributed by atoms with Gasteiger partial charge in [0.15, 0.2) is 0 Å². The molecule has 3 atom stereocenters. The van der Waals surface area contributed by atoms with Crippen LogP contribution < -0.4 is 4.72 Å². The minimum atomic E-state index is -3.87. The summed E-state index contributed by atoms with van der Waals surface area (Å²) in [6.45, 7) is 7.69. The van der Waals surface area contributed by atoms with Crippen LogP contribution in [0.3, 0.4) is 0 Å². The van der Waals surface area contributed by atoms with Crippen LogP contribution in [0, 0.1) is 6.92 Å². The third-order valence-electron chi connectivity index (χ3n) is 5.93. The smallest absolute Gasteiger partial charge is 0.268 e. The lowest BCUT2D eigenvalue weighted by Crippen LogP contribution is -2.42. The van der Waals surface area contributed by atoms with Crippen molar-refractivity contribution < 1.29 is 17.7 Å². The molecule has 0 aliphatic heterocycles. The molecule has 1 N–H and O–H groups in total. The summed E-state index contributed by atoms with van der Waals surface area (Å²) in [6, 6.07) is 14.1. The highest BCUT2D eigenvalue weighted by molar-refractivity contribution is 7.91. The van der Waals surface area contributed by atoms with Crippen molar-refractivity contribution in [1.82, 2.24) is 8.69 Å². The highest BCUT2D eigenvalue weighted by atomic mass is 32.2. The van der Waals surface area contributed by atoms with Crippen LogP contribution in [0.2, 0.25) is 0 Å². The van der Waals surface area contributed by atoms with Crippen molar-refractivity contribution in [2.45, 2.75) is 62.3 Å². The number of nitrogens with zero attached hydrogens (tertiary/aromatic N) is 1. The van der Waals surface area contributed by atoms with Crippen LogP contribution in [0.1, 0.15) is 62.6 Å². The summed E-state index contributed by atoms with van der Waals surface area (Å²) < 4.78 is 50.7. The lowest BCUT2D eigenvalue weighted by Gasteiger charge is -2.33. The first-order chi connectivity index (χ1) is 15.1. The maximum atomic E-state index is 13.9. The molecule has 32 heavy (non-hydrogen) atoms. The van der Waals surface area contributed by atoms with Crippen LogP contribution in [-0.4, -0.2) is 28.8 Å². The normalized spacial score (nSPS) is 20.3. The molecule has 3 aromatic rings. The van der Waals surface area contributed by atoms with Gasteiger partial charge in [0.25, 0.3) is 10.0 Å². The molecule has 1 aromatic heterocycles. The average Bonchev–Trinajstić information content (AvgIpc) is 3.10. The summed E-state index contributed by atoms with van der Waals surface area (Å²) >= 11 is -1.30. The van der Waals surface area contributed by atoms with E-state index in [2.05, 4.69) is 4.72 Å². The van der Waals surface area contributed by atoms with E-state index in [1.165, 1.54) is 3.97 Å². The number of aryl methyl sites for hydroxylation is 1. The van der Waals surface area contributed by atoms with Gasteiger partial charge < -0.3 is 9.29 Å². The molecule has 0 fully saturated rings. The molecule has 0 spiro atoms. The van der Waals surface area contributed by atoms with E-state index in [0.717, 1.165) is 16.5 Å². The van der Waals surface area contributed by atoms with Crippen LogP contribution in [0.5, 0.6) is 0 Å². The van der Waals surface area contributed by atoms with Gasteiger partial charge in [0.2, 0.25) is 0 Å². The van der Waals surface area contributed by atoms with Gasteiger partial charge in [-0.1, -0.05) is 35.9 Å². The van der Waals surface area contributed by atoms with Crippen molar-refractivity contribution >= 4 is 32.3 Å². The highest BCUT2D eigenvalue weighted by Crippen LogP contribution is 2.45. The van der Waals surface area contributed by atoms with Crippen molar-refractivity contribution in [3.8, 4) is 0 Å². The second kappa shape index (κ2) is 8.50. The zero-order valence-corrected chi connectivity index (χ0v) is 20.7. The number of hydrogen-bond acceptors (Lipinski definition) is 5. The van der Waals surface area contributed by atoms with E-state index >= 15 is 0 Å². The van der Waals surface area contributed by atoms with Crippen molar-refractivity contribution in [3.63, 3.8) is 0 Å². The summed E-state index contributed by atoms with van der Waals surface area (Å²) in [4.78, 5) is 0.231. The molecular weight excluding hydrogens is 444 g/mol. The van der Waals surface area contributed by atoms with Gasteiger partial charge in [-0.3, -0.25) is 0 Å². The number of aromatic nitrogens is 1. The minimum Gasteiger partial charge on any atom is -0.598 e. The van der Waals surface area contributed by atoms with Crippen LogP contribution in [0.15, 0.2) is 53.4 Å². The Morgan fingerprint density at radius 1 is 1.09 bits per heavy atom. The third-order valence-corrected chi connectivity index (χ3v) is 9.28. The zero-order valence-electron chi connectivity index (χ0n) is 19.1. The molecule has 2 aromatic carbocycles. The van der Waals surface area contributed by atoms with E-state index in [0.29, 0.717) is 24.1 Å². The van der Waals surface area contributed by atoms with Gasteiger partial charge in [0, 0.05) is 29.4 Å². The quantitative estimate of drug-likeness (QED) is 0.539. The molecular formula is C24H30N2O4S2. The lowest BCUT2D eigenvalue weighted by molar-refractivity contribution is 0.0797. The summed E-state index contributed by atoms with van der Waals surface area (Å²) in [5.41, 5.74) is 3.07. The maximum absolute atomic E-state index is 13.9. The second-order valence-corrected chi connectivity index (χ2v) is 13.0. The maximum Gasteiger partial charge on any atom is 0.268 e. The number of para-hydroxylation sites is 1. The Morgan fingerprint density at radius 3 is 2.38 bits per heavy atom. The summed E-state index contributed by atoms with van der Waals surface area (Å²) in [5.74, 6) is 0. The van der Waals surface area contributed by atoms with E-state index in [1.807, 2.05) is 52.0 Å². The minimum absolute atomic E-state index is 0.231. The highest BCUT2D eigenvalue weighted by Gasteiger charge is 2.40. The van der Waals surface area contributed by atoms with E-state index < -0.39 is 26.1 Å². The third kappa shape index (κ3) is 3.99. The molecule has 6 nitrogen and oxygen atoms in total. The Morgan fingerprint density at radius 2 is 1.75 bits per heavy atom. The van der Waals surface area contributed by atoms with E-state index in [1.54, 1.807) is 31.4 Å². The van der Waals surface area contributed by atoms with Gasteiger partial charge in [-0.25, -0.2) is 12.4 Å². The number of benzene rings is 2. The predicted octanol–water partition coefficient (Wildman–Crippen LogP) is 4.76. The first-order valence-electron chi connectivity index (χ1n) is 10.7. The fourth-order valence-electron chi connectivity index (χ4n) is 4.25. The van der Waals surface area contributed by atoms with E-state index in [-0.39, 0.29) is 17.0 Å². The topological polar surface area (TPSA) is 83.4 Å². The number of nitrogens with one attached hydrogen (secondary N) is 1. The van der Waals surface area contributed by atoms with Crippen molar-refractivity contribution in [1.29, 1.82) is 0 Å². The van der Waals surface area contributed by atoms with Crippen LogP contribution >= 0.6 is 0 Å². The number of methoxy groups -OCH3 is 1. The molecule has 0 saturated heterocycles. The SMILES string of the molecule is CO[C@H]1CCC(N[S+]([O-])C(C)(C)C)c2c1n(S(=O)(=O)c1ccc(C)cc1)c1ccccc21. The van der Waals surface area contributed by atoms with Crippen molar-refractivity contribution in [2.24, 2.45) is 0 Å². The standard InChI is InChI=1S/C24H30N2O4S2/c1-16-10-12-17(13-11-16)32(28,29)26-20-9-7-6-8-18(20)22-19(25-31(27)24(2,3)4)14-15-21(30-5)23(22)26/h6-13,19,21,25H,14-15H2,1-5H3/t19?,21-,31?/m0/s1. The summed E-state index contributed by atoms with van der Waals surface area (Å²) in [7, 11) is -2.26. The van der Waals surface area contributed by atoms with E-state index in [9.17, 15) is 13.0 Å². The molecule has 0 radical (unpaired) electrons. The Labute approximate surface area is 193 Å². The fraction of sp³-hybridized carbons (Fsp3) is 0.417. The Hall–Kier alpha value is -1.84. The molecule has 1 aliphatic rings. The second-order valence-electron chi connectivity index (χ2n) is 9.25. The van der Waals surface area contributed by atoms with Gasteiger partial charge in [0.05, 0.1) is 28.3 Å². The molecule has 4 rings (SSSR count). The van der Waals surface area contributed by atoms with Crippen LogP contribution in [0.4, 0.5) is 0 Å². The summed E-state index contributed by atoms with van der Waals surface area (Å²) in [5, 5.41) is 0.836. The Balaban J connectivity index is 1.97. The Bertz CT molecular complexity index is 1230. The summed E-state index contributed by atoms with van der Waals surface area (Å²) in [6.07, 6.45) is 0.951. The van der Waals surface area contributed by atoms with Crippen molar-refractivity contribution in [2.75, 3.05) is 7.11 Å². The molecule has 8 heteroatoms. The molecule has 172 valence electrons. The molecule has 0 amide bonds. The van der Waals surface area contributed by atoms with E-state index in [4.69, 9.17) is 4.74 Å². The van der Waals surface area contributed by atoms with Gasteiger partial charge >= 0.3 is 0 Å². The largest absolute Gasteiger partial charge is 0.598 e. The Kier molecular flexibility index (Phi) is 6.19. The molecule has 1 aliphatic carbocycles. The fourth-order valence-corrected chi connectivity index (χ4v) is 6.68. The number of rotatable bonds is 5. The first kappa shape index (κ1) is 23.3. The monoisotopic (exact) mass is 474 g/mol. The van der Waals surface area contributed by atoms with Crippen molar-refractivity contribution in [3.05, 3.63) is 65.4 Å². The zero-order chi connectivity index (χ0) is 23.3. The van der Waals surface area contributed by atoms with Gasteiger partial charge in [0.1, 0.15) is 4.75 Å². The molecule has 1 heterocycles. The first-order valence-corrected chi connectivity index (χ1v) is 13.3. The average molecular weight is 475 g/mol. The number of ether oxygens (including phenoxy) is 1. The molecule has 0 saturated carbocycles. The van der Waals surface area contributed by atoms with Crippen LogP contribution in [0.25, 0.3) is 10.9 Å². The molecule has 0 bridgehead atoms. The van der Waals surface area contributed by atoms with Crippen LogP contribution in [-0.2, 0) is 26.1 Å². The predicted molar refractivity (Wildman–Crippen MR) is 128 cm³/mol. The van der Waals surface area contributed by atoms with Gasteiger partial charge in [-0.2, -0.15) is 0 Å². The number of hydrogen-bond donors (Lipinski definition) is 1. The van der Waals surface area contributed by atoms with Gasteiger partial charge in [-0.15, -0.1) is 4.72 Å².